The summed E-state index contributed by atoms with van der Waals surface area (Å²) >= 11 is 0. The van der Waals surface area contributed by atoms with E-state index in [9.17, 15) is 4.39 Å². The van der Waals surface area contributed by atoms with Crippen LogP contribution in [0.4, 0.5) is 16.0 Å². The van der Waals surface area contributed by atoms with Gasteiger partial charge in [0.1, 0.15) is 23.8 Å². The molecule has 1 saturated heterocycles. The molecule has 21 heavy (non-hydrogen) atoms. The highest BCUT2D eigenvalue weighted by Crippen LogP contribution is 2.27. The number of hydrogen-bond acceptors (Lipinski definition) is 5. The fraction of sp³-hybridized carbons (Fsp3) is 0.333. The average molecular weight is 287 g/mol. The first-order chi connectivity index (χ1) is 10.1. The number of hydrogen-bond donors (Lipinski definition) is 1. The van der Waals surface area contributed by atoms with E-state index in [0.717, 1.165) is 30.9 Å². The lowest BCUT2D eigenvalue weighted by molar-refractivity contribution is 0.169. The maximum atomic E-state index is 12.9. The minimum Gasteiger partial charge on any atom is -0.384 e. The second kappa shape index (κ2) is 5.65. The summed E-state index contributed by atoms with van der Waals surface area (Å²) < 4.78 is 12.9. The van der Waals surface area contributed by atoms with Gasteiger partial charge in [-0.05, 0) is 31.2 Å². The number of aromatic nitrogens is 2. The smallest absolute Gasteiger partial charge is 0.135 e. The quantitative estimate of drug-likeness (QED) is 0.930. The third kappa shape index (κ3) is 2.95. The molecule has 110 valence electrons. The molecule has 6 heteroatoms. The van der Waals surface area contributed by atoms with Gasteiger partial charge in [-0.15, -0.1) is 0 Å². The fourth-order valence-electron chi connectivity index (χ4n) is 2.60. The summed E-state index contributed by atoms with van der Waals surface area (Å²) in [5.41, 5.74) is 6.80. The van der Waals surface area contributed by atoms with Crippen LogP contribution in [0.5, 0.6) is 0 Å². The van der Waals surface area contributed by atoms with Crippen molar-refractivity contribution in [3.05, 3.63) is 48.0 Å². The Hall–Kier alpha value is -2.21. The van der Waals surface area contributed by atoms with Crippen LogP contribution in [0.3, 0.4) is 0 Å². The topological polar surface area (TPSA) is 58.3 Å². The van der Waals surface area contributed by atoms with E-state index in [-0.39, 0.29) is 12.0 Å². The molecule has 2 aromatic rings. The molecular weight excluding hydrogens is 269 g/mol. The van der Waals surface area contributed by atoms with Gasteiger partial charge in [-0.3, -0.25) is 4.90 Å². The number of nitrogens with zero attached hydrogens (tertiary/aromatic N) is 4. The second-order valence-electron chi connectivity index (χ2n) is 5.31. The molecule has 1 aromatic heterocycles. The van der Waals surface area contributed by atoms with Gasteiger partial charge in [0.25, 0.3) is 0 Å². The Labute approximate surface area is 123 Å². The maximum Gasteiger partial charge on any atom is 0.135 e. The van der Waals surface area contributed by atoms with Crippen molar-refractivity contribution in [2.75, 3.05) is 24.2 Å². The van der Waals surface area contributed by atoms with Crippen molar-refractivity contribution in [2.45, 2.75) is 19.1 Å². The lowest BCUT2D eigenvalue weighted by atomic mass is 10.1. The first-order valence-electron chi connectivity index (χ1n) is 6.92. The summed E-state index contributed by atoms with van der Waals surface area (Å²) in [4.78, 5) is 12.6. The third-order valence-electron chi connectivity index (χ3n) is 3.81. The van der Waals surface area contributed by atoms with E-state index in [1.807, 2.05) is 12.1 Å². The lowest BCUT2D eigenvalue weighted by Crippen LogP contribution is -2.56. The van der Waals surface area contributed by atoms with Gasteiger partial charge in [-0.2, -0.15) is 0 Å². The second-order valence-corrected chi connectivity index (χ2v) is 5.31. The molecule has 3 rings (SSSR count). The number of halogens is 1. The molecule has 5 nitrogen and oxygen atoms in total. The highest BCUT2D eigenvalue weighted by Gasteiger charge is 2.32. The number of nitrogen functional groups attached to an aromatic ring is 1. The Kier molecular flexibility index (Phi) is 3.70. The van der Waals surface area contributed by atoms with Crippen LogP contribution in [0, 0.1) is 5.82 Å². The minimum atomic E-state index is -0.205. The molecule has 0 spiro atoms. The molecule has 0 bridgehead atoms. The molecule has 1 fully saturated rings. The Balaban J connectivity index is 1.67. The monoisotopic (exact) mass is 287 g/mol. The molecule has 1 aromatic carbocycles. The van der Waals surface area contributed by atoms with Crippen LogP contribution >= 0.6 is 0 Å². The van der Waals surface area contributed by atoms with Gasteiger partial charge in [-0.25, -0.2) is 14.4 Å². The largest absolute Gasteiger partial charge is 0.384 e. The molecule has 1 aliphatic heterocycles. The Morgan fingerprint density at radius 3 is 2.71 bits per heavy atom. The van der Waals surface area contributed by atoms with Gasteiger partial charge in [0, 0.05) is 19.2 Å². The van der Waals surface area contributed by atoms with E-state index < -0.39 is 0 Å². The summed E-state index contributed by atoms with van der Waals surface area (Å²) in [5.74, 6) is 1.12. The third-order valence-corrected chi connectivity index (χ3v) is 3.81. The molecule has 0 amide bonds. The SMILES string of the molecule is CN(Cc1ccc(F)cc1)C1CCN1c1cc(N)ncn1. The van der Waals surface area contributed by atoms with E-state index in [2.05, 4.69) is 26.8 Å². The van der Waals surface area contributed by atoms with E-state index in [4.69, 9.17) is 5.73 Å². The zero-order valence-electron chi connectivity index (χ0n) is 11.9. The number of anilines is 2. The van der Waals surface area contributed by atoms with Crippen LogP contribution in [0.1, 0.15) is 12.0 Å². The lowest BCUT2D eigenvalue weighted by Gasteiger charge is -2.46. The van der Waals surface area contributed by atoms with Crippen molar-refractivity contribution >= 4 is 11.6 Å². The Morgan fingerprint density at radius 1 is 1.33 bits per heavy atom. The van der Waals surface area contributed by atoms with Crippen molar-refractivity contribution < 1.29 is 4.39 Å². The highest BCUT2D eigenvalue weighted by atomic mass is 19.1. The van der Waals surface area contributed by atoms with Crippen molar-refractivity contribution in [3.63, 3.8) is 0 Å². The van der Waals surface area contributed by atoms with Crippen LogP contribution in [0.15, 0.2) is 36.7 Å². The number of rotatable bonds is 4. The molecule has 1 atom stereocenters. The van der Waals surface area contributed by atoms with E-state index in [0.29, 0.717) is 5.82 Å². The van der Waals surface area contributed by atoms with E-state index >= 15 is 0 Å². The molecule has 0 radical (unpaired) electrons. The molecule has 0 aliphatic carbocycles. The van der Waals surface area contributed by atoms with Crippen LogP contribution in [0.2, 0.25) is 0 Å². The van der Waals surface area contributed by atoms with E-state index in [1.54, 1.807) is 6.07 Å². The first-order valence-corrected chi connectivity index (χ1v) is 6.92. The normalized spacial score (nSPS) is 17.9. The van der Waals surface area contributed by atoms with Crippen molar-refractivity contribution in [1.82, 2.24) is 14.9 Å². The number of nitrogens with two attached hydrogens (primary N) is 1. The van der Waals surface area contributed by atoms with Gasteiger partial charge < -0.3 is 10.6 Å². The van der Waals surface area contributed by atoms with Gasteiger partial charge >= 0.3 is 0 Å². The molecule has 1 unspecified atom stereocenters. The summed E-state index contributed by atoms with van der Waals surface area (Å²) in [6.45, 7) is 1.72. The summed E-state index contributed by atoms with van der Waals surface area (Å²) in [5, 5.41) is 0. The zero-order chi connectivity index (χ0) is 14.8. The average Bonchev–Trinajstić information content (AvgIpc) is 2.40. The fourth-order valence-corrected chi connectivity index (χ4v) is 2.60. The Morgan fingerprint density at radius 2 is 2.10 bits per heavy atom. The first kappa shape index (κ1) is 13.8. The summed E-state index contributed by atoms with van der Waals surface area (Å²) in [7, 11) is 2.06. The van der Waals surface area contributed by atoms with Crippen molar-refractivity contribution in [1.29, 1.82) is 0 Å². The van der Waals surface area contributed by atoms with Crippen LogP contribution in [0.25, 0.3) is 0 Å². The number of benzene rings is 1. The van der Waals surface area contributed by atoms with E-state index in [1.165, 1.54) is 18.5 Å². The summed E-state index contributed by atoms with van der Waals surface area (Å²) in [6, 6.07) is 8.41. The van der Waals surface area contributed by atoms with Crippen LogP contribution in [-0.2, 0) is 6.54 Å². The van der Waals surface area contributed by atoms with Crippen LogP contribution in [-0.4, -0.2) is 34.6 Å². The van der Waals surface area contributed by atoms with Gasteiger partial charge in [0.2, 0.25) is 0 Å². The predicted molar refractivity (Wildman–Crippen MR) is 80.1 cm³/mol. The molecule has 0 saturated carbocycles. The molecule has 2 N–H and O–H groups in total. The predicted octanol–water partition coefficient (Wildman–Crippen LogP) is 1.87. The van der Waals surface area contributed by atoms with Gasteiger partial charge in [0.15, 0.2) is 0 Å². The van der Waals surface area contributed by atoms with Gasteiger partial charge in [0.05, 0.1) is 6.17 Å². The van der Waals surface area contributed by atoms with Crippen molar-refractivity contribution in [3.8, 4) is 0 Å². The standard InChI is InChI=1S/C15H18FN5/c1-20(9-11-2-4-12(16)5-3-11)15-6-7-21(15)14-8-13(17)18-10-19-14/h2-5,8,10,15H,6-7,9H2,1H3,(H2,17,18,19). The molecule has 2 heterocycles. The van der Waals surface area contributed by atoms with Gasteiger partial charge in [-0.1, -0.05) is 12.1 Å². The molecular formula is C15H18FN5. The van der Waals surface area contributed by atoms with Crippen molar-refractivity contribution in [2.24, 2.45) is 0 Å². The highest BCUT2D eigenvalue weighted by molar-refractivity contribution is 5.48. The Bertz CT molecular complexity index is 616. The maximum absolute atomic E-state index is 12.9. The van der Waals surface area contributed by atoms with Crippen LogP contribution < -0.4 is 10.6 Å². The molecule has 1 aliphatic rings. The summed E-state index contributed by atoms with van der Waals surface area (Å²) in [6.07, 6.45) is 2.84. The minimum absolute atomic E-state index is 0.205. The zero-order valence-corrected chi connectivity index (χ0v) is 11.9.